The van der Waals surface area contributed by atoms with Crippen LogP contribution in [0.5, 0.6) is 5.75 Å². The lowest BCUT2D eigenvalue weighted by molar-refractivity contribution is 0.330. The fraction of sp³-hybridized carbons (Fsp3) is 0.304. The van der Waals surface area contributed by atoms with Gasteiger partial charge in [0.1, 0.15) is 17.6 Å². The minimum absolute atomic E-state index is 0.116. The maximum Gasteiger partial charge on any atom is 0.356 e. The summed E-state index contributed by atoms with van der Waals surface area (Å²) < 4.78 is 11.9. The van der Waals surface area contributed by atoms with Crippen LogP contribution in [0.4, 0.5) is 5.69 Å². The molecule has 0 bridgehead atoms. The number of ether oxygens (including phenoxy) is 1. The van der Waals surface area contributed by atoms with Gasteiger partial charge in [-0.2, -0.15) is 5.26 Å². The topological polar surface area (TPSA) is 66.5 Å². The lowest BCUT2D eigenvalue weighted by Crippen LogP contribution is -2.32. The molecule has 2 aromatic carbocycles. The van der Waals surface area contributed by atoms with Gasteiger partial charge >= 0.3 is 5.63 Å². The van der Waals surface area contributed by atoms with Gasteiger partial charge in [-0.15, -0.1) is 0 Å². The van der Waals surface area contributed by atoms with Crippen molar-refractivity contribution in [2.45, 2.75) is 25.7 Å². The Labute approximate surface area is 162 Å². The zero-order valence-electron chi connectivity index (χ0n) is 15.5. The maximum absolute atomic E-state index is 12.7. The number of piperidine rings is 1. The third-order valence-corrected chi connectivity index (χ3v) is 5.70. The molecule has 5 nitrogen and oxygen atoms in total. The number of nitrogens with zero attached hydrogens (tertiary/aromatic N) is 2. The molecule has 0 radical (unpaired) electrons. The highest BCUT2D eigenvalue weighted by atomic mass is 16.5. The summed E-state index contributed by atoms with van der Waals surface area (Å²) in [6, 6.07) is 14.1. The standard InChI is InChI=1S/C23H20N2O3/c24-14-19-20(25-11-4-1-5-12-25)17-10-13-27-21-16-7-3-2-6-15(16)8-9-18(21)22(17)28-23(19)26/h2-3,6-9H,1,4-5,10-13H2. The summed E-state index contributed by atoms with van der Waals surface area (Å²) in [5.41, 5.74) is 1.99. The van der Waals surface area contributed by atoms with Crippen molar-refractivity contribution in [3.05, 3.63) is 57.9 Å². The molecule has 0 atom stereocenters. The Morgan fingerprint density at radius 3 is 2.68 bits per heavy atom. The van der Waals surface area contributed by atoms with E-state index in [4.69, 9.17) is 9.15 Å². The first kappa shape index (κ1) is 16.9. The molecule has 0 spiro atoms. The Balaban J connectivity index is 1.81. The molecule has 1 saturated heterocycles. The summed E-state index contributed by atoms with van der Waals surface area (Å²) in [5.74, 6) is 1.29. The van der Waals surface area contributed by atoms with E-state index < -0.39 is 5.63 Å². The van der Waals surface area contributed by atoms with E-state index in [1.165, 1.54) is 6.42 Å². The van der Waals surface area contributed by atoms with Crippen LogP contribution < -0.4 is 15.3 Å². The van der Waals surface area contributed by atoms with Gasteiger partial charge in [-0.1, -0.05) is 30.3 Å². The summed E-state index contributed by atoms with van der Waals surface area (Å²) in [6.45, 7) is 2.19. The maximum atomic E-state index is 12.7. The van der Waals surface area contributed by atoms with Crippen LogP contribution in [-0.4, -0.2) is 19.7 Å². The molecule has 0 saturated carbocycles. The second-order valence-electron chi connectivity index (χ2n) is 7.34. The van der Waals surface area contributed by atoms with E-state index in [2.05, 4.69) is 11.0 Å². The van der Waals surface area contributed by atoms with Gasteiger partial charge in [0.2, 0.25) is 0 Å². The minimum Gasteiger partial charge on any atom is -0.492 e. The summed E-state index contributed by atoms with van der Waals surface area (Å²) in [4.78, 5) is 14.9. The van der Waals surface area contributed by atoms with Crippen LogP contribution in [0.1, 0.15) is 30.4 Å². The van der Waals surface area contributed by atoms with Crippen LogP contribution in [0.3, 0.4) is 0 Å². The smallest absolute Gasteiger partial charge is 0.356 e. The molecule has 5 heteroatoms. The first-order valence-corrected chi connectivity index (χ1v) is 9.78. The van der Waals surface area contributed by atoms with Crippen molar-refractivity contribution in [3.8, 4) is 23.1 Å². The van der Waals surface area contributed by atoms with Gasteiger partial charge in [-0.3, -0.25) is 0 Å². The van der Waals surface area contributed by atoms with Crippen LogP contribution in [0.15, 0.2) is 45.6 Å². The largest absolute Gasteiger partial charge is 0.492 e. The third-order valence-electron chi connectivity index (χ3n) is 5.70. The number of hydrogen-bond donors (Lipinski definition) is 0. The third kappa shape index (κ3) is 2.56. The van der Waals surface area contributed by atoms with E-state index in [0.717, 1.165) is 59.3 Å². The number of nitriles is 1. The number of fused-ring (bicyclic) bond motifs is 5. The second kappa shape index (κ2) is 6.72. The molecule has 3 heterocycles. The van der Waals surface area contributed by atoms with Crippen molar-refractivity contribution in [3.63, 3.8) is 0 Å². The van der Waals surface area contributed by atoms with E-state index >= 15 is 0 Å². The Morgan fingerprint density at radius 1 is 1.04 bits per heavy atom. The Morgan fingerprint density at radius 2 is 1.86 bits per heavy atom. The fourth-order valence-corrected chi connectivity index (χ4v) is 4.41. The van der Waals surface area contributed by atoms with Gasteiger partial charge in [0.05, 0.1) is 17.9 Å². The molecule has 28 heavy (non-hydrogen) atoms. The molecule has 5 rings (SSSR count). The SMILES string of the molecule is N#Cc1c(N2CCCCC2)c2c(oc1=O)-c1ccc3ccccc3c1OCC2. The fourth-order valence-electron chi connectivity index (χ4n) is 4.41. The van der Waals surface area contributed by atoms with Gasteiger partial charge < -0.3 is 14.1 Å². The monoisotopic (exact) mass is 372 g/mol. The van der Waals surface area contributed by atoms with E-state index in [1.807, 2.05) is 36.4 Å². The minimum atomic E-state index is -0.567. The summed E-state index contributed by atoms with van der Waals surface area (Å²) in [7, 11) is 0. The molecule has 0 aliphatic carbocycles. The zero-order valence-corrected chi connectivity index (χ0v) is 15.5. The highest BCUT2D eigenvalue weighted by molar-refractivity contribution is 5.95. The summed E-state index contributed by atoms with van der Waals surface area (Å²) in [5, 5.41) is 11.8. The molecule has 2 aliphatic rings. The van der Waals surface area contributed by atoms with Gasteiger partial charge in [0.15, 0.2) is 5.56 Å². The lowest BCUT2D eigenvalue weighted by atomic mass is 9.97. The molecular formula is C23H20N2O3. The molecule has 0 N–H and O–H groups in total. The molecule has 3 aromatic rings. The van der Waals surface area contributed by atoms with E-state index in [1.54, 1.807) is 0 Å². The summed E-state index contributed by atoms with van der Waals surface area (Å²) in [6.07, 6.45) is 3.91. The number of benzene rings is 2. The van der Waals surface area contributed by atoms with E-state index in [-0.39, 0.29) is 5.56 Å². The first-order valence-electron chi connectivity index (χ1n) is 9.78. The van der Waals surface area contributed by atoms with Crippen molar-refractivity contribution in [2.75, 3.05) is 24.6 Å². The van der Waals surface area contributed by atoms with Crippen LogP contribution in [-0.2, 0) is 6.42 Å². The van der Waals surface area contributed by atoms with Crippen LogP contribution in [0, 0.1) is 11.3 Å². The Hall–Kier alpha value is -3.26. The average Bonchev–Trinajstić information content (AvgIpc) is 2.93. The van der Waals surface area contributed by atoms with Crippen LogP contribution >= 0.6 is 0 Å². The summed E-state index contributed by atoms with van der Waals surface area (Å²) >= 11 is 0. The Kier molecular flexibility index (Phi) is 4.05. The van der Waals surface area contributed by atoms with Crippen LogP contribution in [0.25, 0.3) is 22.1 Å². The zero-order chi connectivity index (χ0) is 19.1. The van der Waals surface area contributed by atoms with Gasteiger partial charge in [0, 0.05) is 30.5 Å². The highest BCUT2D eigenvalue weighted by Gasteiger charge is 2.29. The van der Waals surface area contributed by atoms with Crippen molar-refractivity contribution < 1.29 is 9.15 Å². The molecule has 1 fully saturated rings. The van der Waals surface area contributed by atoms with E-state index in [0.29, 0.717) is 18.8 Å². The predicted octanol–water partition coefficient (Wildman–Crippen LogP) is 4.26. The molecular weight excluding hydrogens is 352 g/mol. The van der Waals surface area contributed by atoms with Crippen molar-refractivity contribution in [1.29, 1.82) is 5.26 Å². The van der Waals surface area contributed by atoms with Gasteiger partial charge in [-0.25, -0.2) is 4.79 Å². The Bertz CT molecular complexity index is 1170. The van der Waals surface area contributed by atoms with Crippen LogP contribution in [0.2, 0.25) is 0 Å². The number of anilines is 1. The van der Waals surface area contributed by atoms with Crippen molar-refractivity contribution in [1.82, 2.24) is 0 Å². The number of hydrogen-bond acceptors (Lipinski definition) is 5. The van der Waals surface area contributed by atoms with E-state index in [9.17, 15) is 10.1 Å². The highest BCUT2D eigenvalue weighted by Crippen LogP contribution is 2.43. The molecule has 0 unspecified atom stereocenters. The molecule has 1 aromatic heterocycles. The first-order chi connectivity index (χ1) is 13.8. The quantitative estimate of drug-likeness (QED) is 0.639. The molecule has 2 aliphatic heterocycles. The van der Waals surface area contributed by atoms with Crippen molar-refractivity contribution in [2.24, 2.45) is 0 Å². The lowest BCUT2D eigenvalue weighted by Gasteiger charge is -2.31. The van der Waals surface area contributed by atoms with Gasteiger partial charge in [0.25, 0.3) is 0 Å². The molecule has 0 amide bonds. The predicted molar refractivity (Wildman–Crippen MR) is 108 cm³/mol. The van der Waals surface area contributed by atoms with Gasteiger partial charge in [-0.05, 0) is 30.7 Å². The average molecular weight is 372 g/mol. The number of rotatable bonds is 1. The normalized spacial score (nSPS) is 15.9. The second-order valence-corrected chi connectivity index (χ2v) is 7.34. The molecule has 140 valence electrons. The van der Waals surface area contributed by atoms with Crippen molar-refractivity contribution >= 4 is 16.5 Å².